The molecule has 1 aromatic heterocycles. The van der Waals surface area contributed by atoms with Crippen LogP contribution in [0.4, 0.5) is 4.39 Å². The highest BCUT2D eigenvalue weighted by Gasteiger charge is 2.15. The number of amides is 1. The van der Waals surface area contributed by atoms with Crippen molar-refractivity contribution >= 4 is 5.91 Å². The van der Waals surface area contributed by atoms with Crippen LogP contribution in [0.3, 0.4) is 0 Å². The van der Waals surface area contributed by atoms with Crippen LogP contribution in [0.2, 0.25) is 0 Å². The van der Waals surface area contributed by atoms with Gasteiger partial charge in [0.2, 0.25) is 0 Å². The lowest BCUT2D eigenvalue weighted by molar-refractivity contribution is 0.0946. The average Bonchev–Trinajstić information content (AvgIpc) is 3.21. The van der Waals surface area contributed by atoms with Gasteiger partial charge in [0, 0.05) is 32.4 Å². The van der Waals surface area contributed by atoms with Gasteiger partial charge in [-0.3, -0.25) is 9.69 Å². The average molecular weight is 378 g/mol. The molecule has 0 unspecified atom stereocenters. The second-order valence-electron chi connectivity index (χ2n) is 7.00. The maximum Gasteiger partial charge on any atom is 0.271 e. The Kier molecular flexibility index (Phi) is 5.48. The summed E-state index contributed by atoms with van der Waals surface area (Å²) in [5.41, 5.74) is 3.45. The molecule has 0 saturated heterocycles. The van der Waals surface area contributed by atoms with Crippen LogP contribution >= 0.6 is 0 Å². The second kappa shape index (κ2) is 8.35. The molecule has 3 aromatic rings. The summed E-state index contributed by atoms with van der Waals surface area (Å²) in [5, 5.41) is 7.09. The molecule has 5 nitrogen and oxygen atoms in total. The molecule has 0 fully saturated rings. The van der Waals surface area contributed by atoms with Gasteiger partial charge >= 0.3 is 0 Å². The minimum atomic E-state index is -0.374. The van der Waals surface area contributed by atoms with Crippen molar-refractivity contribution in [2.75, 3.05) is 19.6 Å². The first-order valence-corrected chi connectivity index (χ1v) is 9.58. The predicted octanol–water partition coefficient (Wildman–Crippen LogP) is 3.19. The number of nitrogens with one attached hydrogen (secondary N) is 1. The second-order valence-corrected chi connectivity index (χ2v) is 7.00. The number of carbonyl (C=O) groups excluding carboxylic acids is 1. The van der Waals surface area contributed by atoms with Gasteiger partial charge in [0.05, 0.1) is 0 Å². The Balaban J connectivity index is 1.25. The summed E-state index contributed by atoms with van der Waals surface area (Å²) in [4.78, 5) is 14.7. The highest BCUT2D eigenvalue weighted by molar-refractivity contribution is 5.92. The SMILES string of the molecule is O=C(NCCCN1CCc2ccccc2C1)c1ccn(-c2ccccc2F)n1. The lowest BCUT2D eigenvalue weighted by Gasteiger charge is -2.28. The summed E-state index contributed by atoms with van der Waals surface area (Å²) in [5.74, 6) is -0.611. The van der Waals surface area contributed by atoms with Crippen molar-refractivity contribution in [3.8, 4) is 5.69 Å². The third-order valence-electron chi connectivity index (χ3n) is 5.07. The maximum atomic E-state index is 13.8. The van der Waals surface area contributed by atoms with E-state index in [9.17, 15) is 9.18 Å². The molecule has 0 spiro atoms. The van der Waals surface area contributed by atoms with Crippen LogP contribution in [0, 0.1) is 5.82 Å². The number of nitrogens with zero attached hydrogens (tertiary/aromatic N) is 3. The van der Waals surface area contributed by atoms with Gasteiger partial charge in [-0.15, -0.1) is 0 Å². The molecule has 28 heavy (non-hydrogen) atoms. The predicted molar refractivity (Wildman–Crippen MR) is 106 cm³/mol. The third-order valence-corrected chi connectivity index (χ3v) is 5.07. The van der Waals surface area contributed by atoms with E-state index in [-0.39, 0.29) is 17.4 Å². The van der Waals surface area contributed by atoms with Crippen molar-refractivity contribution in [3.63, 3.8) is 0 Å². The Morgan fingerprint density at radius 2 is 1.86 bits per heavy atom. The molecule has 6 heteroatoms. The Hall–Kier alpha value is -2.99. The van der Waals surface area contributed by atoms with Gasteiger partial charge in [-0.05, 0) is 42.2 Å². The van der Waals surface area contributed by atoms with E-state index in [1.807, 2.05) is 0 Å². The van der Waals surface area contributed by atoms with Crippen molar-refractivity contribution in [2.24, 2.45) is 0 Å². The number of fused-ring (bicyclic) bond motifs is 1. The number of benzene rings is 2. The van der Waals surface area contributed by atoms with Crippen LogP contribution in [0.25, 0.3) is 5.69 Å². The van der Waals surface area contributed by atoms with Crippen LogP contribution in [-0.2, 0) is 13.0 Å². The minimum Gasteiger partial charge on any atom is -0.351 e. The van der Waals surface area contributed by atoms with E-state index in [4.69, 9.17) is 0 Å². The molecule has 2 heterocycles. The fourth-order valence-electron chi connectivity index (χ4n) is 3.56. The van der Waals surface area contributed by atoms with Crippen LogP contribution in [0.1, 0.15) is 28.0 Å². The Bertz CT molecular complexity index is 968. The number of rotatable bonds is 6. The number of hydrogen-bond donors (Lipinski definition) is 1. The normalized spacial score (nSPS) is 13.9. The zero-order valence-electron chi connectivity index (χ0n) is 15.6. The molecule has 144 valence electrons. The summed E-state index contributed by atoms with van der Waals surface area (Å²) < 4.78 is 15.2. The summed E-state index contributed by atoms with van der Waals surface area (Å²) in [6, 6.07) is 16.5. The van der Waals surface area contributed by atoms with E-state index in [0.717, 1.165) is 32.5 Å². The Labute approximate surface area is 163 Å². The molecule has 0 saturated carbocycles. The molecule has 0 radical (unpaired) electrons. The highest BCUT2D eigenvalue weighted by atomic mass is 19.1. The van der Waals surface area contributed by atoms with Crippen LogP contribution in [0.15, 0.2) is 60.8 Å². The first-order valence-electron chi connectivity index (χ1n) is 9.58. The molecular weight excluding hydrogens is 355 g/mol. The Morgan fingerprint density at radius 3 is 2.71 bits per heavy atom. The number of carbonyl (C=O) groups is 1. The molecule has 1 N–H and O–H groups in total. The van der Waals surface area contributed by atoms with Gasteiger partial charge < -0.3 is 5.32 Å². The number of para-hydroxylation sites is 1. The van der Waals surface area contributed by atoms with E-state index in [2.05, 4.69) is 39.6 Å². The van der Waals surface area contributed by atoms with E-state index in [0.29, 0.717) is 12.2 Å². The van der Waals surface area contributed by atoms with Gasteiger partial charge in [0.15, 0.2) is 5.69 Å². The van der Waals surface area contributed by atoms with Crippen molar-refractivity contribution < 1.29 is 9.18 Å². The monoisotopic (exact) mass is 378 g/mol. The lowest BCUT2D eigenvalue weighted by atomic mass is 10.00. The topological polar surface area (TPSA) is 50.2 Å². The highest BCUT2D eigenvalue weighted by Crippen LogP contribution is 2.18. The molecular formula is C22H23FN4O. The van der Waals surface area contributed by atoms with Crippen molar-refractivity contribution in [1.82, 2.24) is 20.0 Å². The summed E-state index contributed by atoms with van der Waals surface area (Å²) in [6.07, 6.45) is 3.55. The quantitative estimate of drug-likeness (QED) is 0.670. The number of halogens is 1. The molecule has 4 rings (SSSR count). The van der Waals surface area contributed by atoms with Crippen LogP contribution in [-0.4, -0.2) is 40.2 Å². The third kappa shape index (κ3) is 4.12. The maximum absolute atomic E-state index is 13.8. The first kappa shape index (κ1) is 18.4. The largest absolute Gasteiger partial charge is 0.351 e. The zero-order valence-corrected chi connectivity index (χ0v) is 15.6. The van der Waals surface area contributed by atoms with Crippen molar-refractivity contribution in [2.45, 2.75) is 19.4 Å². The molecule has 1 amide bonds. The van der Waals surface area contributed by atoms with E-state index >= 15 is 0 Å². The minimum absolute atomic E-state index is 0.237. The van der Waals surface area contributed by atoms with E-state index in [1.54, 1.807) is 30.5 Å². The zero-order chi connectivity index (χ0) is 19.3. The van der Waals surface area contributed by atoms with Gasteiger partial charge in [0.25, 0.3) is 5.91 Å². The summed E-state index contributed by atoms with van der Waals surface area (Å²) in [7, 11) is 0. The van der Waals surface area contributed by atoms with Gasteiger partial charge in [0.1, 0.15) is 11.5 Å². The molecule has 1 aliphatic rings. The molecule has 2 aromatic carbocycles. The summed E-state index contributed by atoms with van der Waals surface area (Å²) >= 11 is 0. The number of hydrogen-bond acceptors (Lipinski definition) is 3. The van der Waals surface area contributed by atoms with E-state index < -0.39 is 0 Å². The van der Waals surface area contributed by atoms with E-state index in [1.165, 1.54) is 21.9 Å². The van der Waals surface area contributed by atoms with Gasteiger partial charge in [-0.2, -0.15) is 5.10 Å². The lowest BCUT2D eigenvalue weighted by Crippen LogP contribution is -2.33. The van der Waals surface area contributed by atoms with Crippen molar-refractivity contribution in [3.05, 3.63) is 83.4 Å². The van der Waals surface area contributed by atoms with Crippen LogP contribution < -0.4 is 5.32 Å². The van der Waals surface area contributed by atoms with Crippen LogP contribution in [0.5, 0.6) is 0 Å². The van der Waals surface area contributed by atoms with Crippen molar-refractivity contribution in [1.29, 1.82) is 0 Å². The molecule has 1 aliphatic heterocycles. The number of aromatic nitrogens is 2. The smallest absolute Gasteiger partial charge is 0.271 e. The van der Waals surface area contributed by atoms with Gasteiger partial charge in [-0.1, -0.05) is 36.4 Å². The summed E-state index contributed by atoms with van der Waals surface area (Å²) in [6.45, 7) is 3.55. The molecule has 0 aliphatic carbocycles. The Morgan fingerprint density at radius 1 is 1.07 bits per heavy atom. The molecule has 0 bridgehead atoms. The molecule has 0 atom stereocenters. The van der Waals surface area contributed by atoms with Gasteiger partial charge in [-0.25, -0.2) is 9.07 Å². The fourth-order valence-corrected chi connectivity index (χ4v) is 3.56. The first-order chi connectivity index (χ1) is 13.7. The standard InChI is InChI=1S/C22H23FN4O/c23-19-8-3-4-9-21(19)27-15-11-20(25-27)22(28)24-12-5-13-26-14-10-17-6-1-2-7-18(17)16-26/h1-4,6-9,11,15H,5,10,12-14,16H2,(H,24,28). The fraction of sp³-hybridized carbons (Fsp3) is 0.273.